The highest BCUT2D eigenvalue weighted by Crippen LogP contribution is 2.13. The Morgan fingerprint density at radius 2 is 2.00 bits per heavy atom. The van der Waals surface area contributed by atoms with E-state index in [1.54, 1.807) is 30.3 Å². The molecule has 19 heavy (non-hydrogen) atoms. The molecule has 6 heteroatoms. The van der Waals surface area contributed by atoms with Gasteiger partial charge >= 0.3 is 5.97 Å². The van der Waals surface area contributed by atoms with Gasteiger partial charge in [-0.1, -0.05) is 30.3 Å². The quantitative estimate of drug-likeness (QED) is 0.820. The lowest BCUT2D eigenvalue weighted by molar-refractivity contribution is -0.152. The molecule has 0 saturated carbocycles. The topological polar surface area (TPSA) is 84.9 Å². The van der Waals surface area contributed by atoms with Crippen LogP contribution < -0.4 is 5.32 Å². The average molecular weight is 265 g/mol. The lowest BCUT2D eigenvalue weighted by atomic mass is 10.1. The molecule has 1 heterocycles. The highest BCUT2D eigenvalue weighted by molar-refractivity contribution is 5.87. The molecular formula is C13H15NO5. The molecule has 0 bridgehead atoms. The first-order valence-corrected chi connectivity index (χ1v) is 5.96. The molecule has 0 spiro atoms. The van der Waals surface area contributed by atoms with Crippen LogP contribution in [-0.4, -0.2) is 42.9 Å². The lowest BCUT2D eigenvalue weighted by Gasteiger charge is -2.24. The Labute approximate surface area is 110 Å². The Balaban J connectivity index is 2.04. The Morgan fingerprint density at radius 1 is 1.26 bits per heavy atom. The van der Waals surface area contributed by atoms with Crippen molar-refractivity contribution >= 4 is 11.9 Å². The molecule has 102 valence electrons. The van der Waals surface area contributed by atoms with Gasteiger partial charge in [-0.2, -0.15) is 0 Å². The second-order valence-corrected chi connectivity index (χ2v) is 4.12. The molecule has 2 atom stereocenters. The Hall–Kier alpha value is -1.92. The number of ether oxygens (including phenoxy) is 2. The maximum Gasteiger partial charge on any atom is 0.330 e. The van der Waals surface area contributed by atoms with E-state index in [0.717, 1.165) is 0 Å². The summed E-state index contributed by atoms with van der Waals surface area (Å²) in [6, 6.07) is 7.44. The van der Waals surface area contributed by atoms with Crippen molar-refractivity contribution < 1.29 is 24.2 Å². The third-order valence-electron chi connectivity index (χ3n) is 2.77. The zero-order valence-corrected chi connectivity index (χ0v) is 10.2. The second kappa shape index (κ2) is 6.31. The van der Waals surface area contributed by atoms with Crippen molar-refractivity contribution in [3.8, 4) is 0 Å². The molecule has 1 saturated heterocycles. The van der Waals surface area contributed by atoms with E-state index in [2.05, 4.69) is 5.32 Å². The van der Waals surface area contributed by atoms with Crippen molar-refractivity contribution in [2.24, 2.45) is 0 Å². The SMILES string of the molecule is O=C(N[C@@H](C(=O)O)c1ccccc1)[C@@H]1COCCO1. The van der Waals surface area contributed by atoms with Gasteiger partial charge < -0.3 is 19.9 Å². The van der Waals surface area contributed by atoms with Crippen molar-refractivity contribution in [3.63, 3.8) is 0 Å². The van der Waals surface area contributed by atoms with Crippen LogP contribution in [0.25, 0.3) is 0 Å². The highest BCUT2D eigenvalue weighted by atomic mass is 16.6. The summed E-state index contributed by atoms with van der Waals surface area (Å²) in [6.45, 7) is 0.930. The summed E-state index contributed by atoms with van der Waals surface area (Å²) in [5.41, 5.74) is 0.514. The number of carbonyl (C=O) groups excluding carboxylic acids is 1. The first-order valence-electron chi connectivity index (χ1n) is 5.96. The van der Waals surface area contributed by atoms with Gasteiger partial charge in [-0.05, 0) is 5.56 Å². The molecule has 1 aromatic rings. The maximum absolute atomic E-state index is 11.9. The normalized spacial score (nSPS) is 20.5. The summed E-state index contributed by atoms with van der Waals surface area (Å²) in [6.07, 6.45) is -0.751. The van der Waals surface area contributed by atoms with Gasteiger partial charge in [0.25, 0.3) is 5.91 Å². The van der Waals surface area contributed by atoms with Crippen molar-refractivity contribution in [2.75, 3.05) is 19.8 Å². The summed E-state index contributed by atoms with van der Waals surface area (Å²) in [4.78, 5) is 23.1. The van der Waals surface area contributed by atoms with Gasteiger partial charge in [-0.3, -0.25) is 4.79 Å². The number of carboxylic acids is 1. The number of hydrogen-bond acceptors (Lipinski definition) is 4. The number of nitrogens with one attached hydrogen (secondary N) is 1. The molecular weight excluding hydrogens is 250 g/mol. The standard InChI is InChI=1S/C13H15NO5/c15-12(10-8-18-6-7-19-10)14-11(13(16)17)9-4-2-1-3-5-9/h1-5,10-11H,6-8H2,(H,14,15)(H,16,17)/t10-,11+/m0/s1. The summed E-state index contributed by atoms with van der Waals surface area (Å²) in [5.74, 6) is -1.59. The monoisotopic (exact) mass is 265 g/mol. The van der Waals surface area contributed by atoms with E-state index < -0.39 is 24.0 Å². The van der Waals surface area contributed by atoms with Crippen LogP contribution in [0.5, 0.6) is 0 Å². The average Bonchev–Trinajstić information content (AvgIpc) is 2.46. The molecule has 1 amide bonds. The molecule has 2 N–H and O–H groups in total. The van der Waals surface area contributed by atoms with E-state index in [1.165, 1.54) is 0 Å². The van der Waals surface area contributed by atoms with Gasteiger partial charge in [-0.25, -0.2) is 4.79 Å². The number of aliphatic carboxylic acids is 1. The summed E-state index contributed by atoms with van der Waals surface area (Å²) in [7, 11) is 0. The minimum atomic E-state index is -1.11. The fourth-order valence-corrected chi connectivity index (χ4v) is 1.81. The number of carboxylic acid groups (broad SMARTS) is 1. The number of rotatable bonds is 4. The first kappa shape index (κ1) is 13.5. The molecule has 0 aliphatic carbocycles. The van der Waals surface area contributed by atoms with Crippen LogP contribution in [0, 0.1) is 0 Å². The van der Waals surface area contributed by atoms with E-state index in [0.29, 0.717) is 18.8 Å². The van der Waals surface area contributed by atoms with E-state index in [4.69, 9.17) is 9.47 Å². The lowest BCUT2D eigenvalue weighted by Crippen LogP contribution is -2.45. The Kier molecular flexibility index (Phi) is 4.48. The largest absolute Gasteiger partial charge is 0.479 e. The van der Waals surface area contributed by atoms with Gasteiger partial charge in [0.05, 0.1) is 19.8 Å². The van der Waals surface area contributed by atoms with Crippen molar-refractivity contribution in [3.05, 3.63) is 35.9 Å². The Bertz CT molecular complexity index is 442. The van der Waals surface area contributed by atoms with Crippen LogP contribution >= 0.6 is 0 Å². The van der Waals surface area contributed by atoms with Gasteiger partial charge in [0.15, 0.2) is 12.1 Å². The number of benzene rings is 1. The van der Waals surface area contributed by atoms with Gasteiger partial charge in [0.2, 0.25) is 0 Å². The van der Waals surface area contributed by atoms with Crippen molar-refractivity contribution in [2.45, 2.75) is 12.1 Å². The highest BCUT2D eigenvalue weighted by Gasteiger charge is 2.28. The third kappa shape index (κ3) is 3.52. The summed E-state index contributed by atoms with van der Waals surface area (Å²) in [5, 5.41) is 11.6. The number of amides is 1. The number of carbonyl (C=O) groups is 2. The minimum absolute atomic E-state index is 0.146. The predicted molar refractivity (Wildman–Crippen MR) is 65.5 cm³/mol. The van der Waals surface area contributed by atoms with Gasteiger partial charge in [-0.15, -0.1) is 0 Å². The van der Waals surface area contributed by atoms with E-state index in [9.17, 15) is 14.7 Å². The van der Waals surface area contributed by atoms with Crippen LogP contribution in [0.3, 0.4) is 0 Å². The third-order valence-corrected chi connectivity index (χ3v) is 2.77. The second-order valence-electron chi connectivity index (χ2n) is 4.12. The predicted octanol–water partition coefficient (Wildman–Crippen LogP) is 0.344. The zero-order chi connectivity index (χ0) is 13.7. The zero-order valence-electron chi connectivity index (χ0n) is 10.2. The minimum Gasteiger partial charge on any atom is -0.479 e. The molecule has 6 nitrogen and oxygen atoms in total. The van der Waals surface area contributed by atoms with Gasteiger partial charge in [0, 0.05) is 0 Å². The van der Waals surface area contributed by atoms with E-state index >= 15 is 0 Å². The molecule has 1 aromatic carbocycles. The number of hydrogen-bond donors (Lipinski definition) is 2. The van der Waals surface area contributed by atoms with Crippen LogP contribution in [0.2, 0.25) is 0 Å². The van der Waals surface area contributed by atoms with Crippen LogP contribution in [0.4, 0.5) is 0 Å². The van der Waals surface area contributed by atoms with E-state index in [-0.39, 0.29) is 6.61 Å². The van der Waals surface area contributed by atoms with Crippen molar-refractivity contribution in [1.29, 1.82) is 0 Å². The summed E-state index contributed by atoms with van der Waals surface area (Å²) < 4.78 is 10.3. The summed E-state index contributed by atoms with van der Waals surface area (Å²) >= 11 is 0. The molecule has 0 unspecified atom stereocenters. The molecule has 1 aliphatic heterocycles. The fraction of sp³-hybridized carbons (Fsp3) is 0.385. The molecule has 2 rings (SSSR count). The molecule has 1 aliphatic rings. The molecule has 1 fully saturated rings. The maximum atomic E-state index is 11.9. The smallest absolute Gasteiger partial charge is 0.330 e. The van der Waals surface area contributed by atoms with Crippen molar-refractivity contribution in [1.82, 2.24) is 5.32 Å². The Morgan fingerprint density at radius 3 is 2.58 bits per heavy atom. The fourth-order valence-electron chi connectivity index (χ4n) is 1.81. The van der Waals surface area contributed by atoms with Crippen LogP contribution in [0.1, 0.15) is 11.6 Å². The molecule has 0 radical (unpaired) electrons. The van der Waals surface area contributed by atoms with Crippen LogP contribution in [0.15, 0.2) is 30.3 Å². The molecule has 0 aromatic heterocycles. The van der Waals surface area contributed by atoms with E-state index in [1.807, 2.05) is 0 Å². The first-order chi connectivity index (χ1) is 9.18. The van der Waals surface area contributed by atoms with Gasteiger partial charge in [0.1, 0.15) is 0 Å². The van der Waals surface area contributed by atoms with Crippen LogP contribution in [-0.2, 0) is 19.1 Å².